The van der Waals surface area contributed by atoms with Gasteiger partial charge in [0, 0.05) is 37.3 Å². The summed E-state index contributed by atoms with van der Waals surface area (Å²) in [7, 11) is 1.52. The number of nitrogens with one attached hydrogen (secondary N) is 1. The minimum atomic E-state index is -0.962. The highest BCUT2D eigenvalue weighted by Gasteiger charge is 2.49. The molecule has 26 heavy (non-hydrogen) atoms. The van der Waals surface area contributed by atoms with Crippen LogP contribution in [0.25, 0.3) is 0 Å². The molecule has 0 aliphatic carbocycles. The van der Waals surface area contributed by atoms with E-state index in [-0.39, 0.29) is 11.8 Å². The van der Waals surface area contributed by atoms with Crippen molar-refractivity contribution < 1.29 is 19.1 Å². The first-order valence-corrected chi connectivity index (χ1v) is 9.26. The van der Waals surface area contributed by atoms with E-state index in [0.29, 0.717) is 49.1 Å². The van der Waals surface area contributed by atoms with E-state index >= 15 is 0 Å². The predicted octanol–water partition coefficient (Wildman–Crippen LogP) is 3.09. The van der Waals surface area contributed by atoms with Crippen molar-refractivity contribution >= 4 is 29.1 Å². The van der Waals surface area contributed by atoms with Gasteiger partial charge >= 0.3 is 0 Å². The van der Waals surface area contributed by atoms with E-state index in [1.54, 1.807) is 24.0 Å². The quantitative estimate of drug-likeness (QED) is 0.701. The fourth-order valence-corrected chi connectivity index (χ4v) is 3.32. The number of hydrogen-bond donors (Lipinski definition) is 1. The van der Waals surface area contributed by atoms with Crippen LogP contribution < -0.4 is 15.0 Å². The van der Waals surface area contributed by atoms with E-state index in [0.717, 1.165) is 12.0 Å². The number of carbonyl (C=O) groups excluding carboxylic acids is 2. The Morgan fingerprint density at radius 1 is 1.42 bits per heavy atom. The van der Waals surface area contributed by atoms with Gasteiger partial charge in [0.25, 0.3) is 0 Å². The predicted molar refractivity (Wildman–Crippen MR) is 102 cm³/mol. The SMILES string of the molecule is CCOCCCNC(=O)[C@]1(C)CCC(=O)N1c1cc(C)c(Cl)cc1OC. The maximum atomic E-state index is 12.9. The van der Waals surface area contributed by atoms with Crippen molar-refractivity contribution in [3.05, 3.63) is 22.7 Å². The smallest absolute Gasteiger partial charge is 0.246 e. The van der Waals surface area contributed by atoms with Crippen molar-refractivity contribution in [1.29, 1.82) is 0 Å². The summed E-state index contributed by atoms with van der Waals surface area (Å²) in [6, 6.07) is 3.48. The number of amides is 2. The standard InChI is InChI=1S/C19H27ClN2O4/c1-5-26-10-6-9-21-18(24)19(3)8-7-17(23)22(19)15-11-13(2)14(20)12-16(15)25-4/h11-12H,5-10H2,1-4H3,(H,21,24)/t19-/m0/s1. The zero-order valence-electron chi connectivity index (χ0n) is 15.9. The van der Waals surface area contributed by atoms with Crippen molar-refractivity contribution in [3.8, 4) is 5.75 Å². The van der Waals surface area contributed by atoms with Crippen LogP contribution in [-0.4, -0.2) is 44.2 Å². The fraction of sp³-hybridized carbons (Fsp3) is 0.579. The number of methoxy groups -OCH3 is 1. The molecule has 1 saturated heterocycles. The molecule has 2 amide bonds. The molecule has 1 heterocycles. The third-order valence-electron chi connectivity index (χ3n) is 4.71. The van der Waals surface area contributed by atoms with Crippen molar-refractivity contribution in [2.45, 2.75) is 45.6 Å². The summed E-state index contributed by atoms with van der Waals surface area (Å²) >= 11 is 6.18. The van der Waals surface area contributed by atoms with Gasteiger partial charge in [0.1, 0.15) is 11.3 Å². The number of aryl methyl sites for hydroxylation is 1. The molecule has 1 aliphatic rings. The average molecular weight is 383 g/mol. The number of halogens is 1. The van der Waals surface area contributed by atoms with Gasteiger partial charge in [0.15, 0.2) is 0 Å². The van der Waals surface area contributed by atoms with Crippen LogP contribution >= 0.6 is 11.6 Å². The summed E-state index contributed by atoms with van der Waals surface area (Å²) in [5.41, 5.74) is 0.432. The number of nitrogens with zero attached hydrogens (tertiary/aromatic N) is 1. The lowest BCUT2D eigenvalue weighted by atomic mass is 9.96. The summed E-state index contributed by atoms with van der Waals surface area (Å²) in [6.07, 6.45) is 1.49. The molecule has 7 heteroatoms. The van der Waals surface area contributed by atoms with Crippen molar-refractivity contribution in [2.24, 2.45) is 0 Å². The Morgan fingerprint density at radius 2 is 2.15 bits per heavy atom. The topological polar surface area (TPSA) is 67.9 Å². The zero-order valence-corrected chi connectivity index (χ0v) is 16.6. The Balaban J connectivity index is 2.25. The van der Waals surface area contributed by atoms with Gasteiger partial charge in [0.05, 0.1) is 12.8 Å². The van der Waals surface area contributed by atoms with Crippen molar-refractivity contribution in [2.75, 3.05) is 31.8 Å². The van der Waals surface area contributed by atoms with Crippen LogP contribution in [-0.2, 0) is 14.3 Å². The van der Waals surface area contributed by atoms with Crippen LogP contribution in [0.2, 0.25) is 5.02 Å². The number of anilines is 1. The summed E-state index contributed by atoms with van der Waals surface area (Å²) in [6.45, 7) is 7.34. The molecule has 1 aromatic rings. The summed E-state index contributed by atoms with van der Waals surface area (Å²) in [5, 5.41) is 3.48. The van der Waals surface area contributed by atoms with Gasteiger partial charge in [-0.05, 0) is 45.2 Å². The van der Waals surface area contributed by atoms with Gasteiger partial charge in [0.2, 0.25) is 11.8 Å². The molecule has 1 atom stereocenters. The highest BCUT2D eigenvalue weighted by atomic mass is 35.5. The van der Waals surface area contributed by atoms with Crippen LogP contribution in [0, 0.1) is 6.92 Å². The molecule has 0 radical (unpaired) electrons. The lowest BCUT2D eigenvalue weighted by molar-refractivity contribution is -0.127. The monoisotopic (exact) mass is 382 g/mol. The lowest BCUT2D eigenvalue weighted by Crippen LogP contribution is -2.55. The minimum Gasteiger partial charge on any atom is -0.495 e. The molecule has 0 bridgehead atoms. The number of hydrogen-bond acceptors (Lipinski definition) is 4. The second-order valence-corrected chi connectivity index (χ2v) is 6.99. The average Bonchev–Trinajstić information content (AvgIpc) is 2.92. The fourth-order valence-electron chi connectivity index (χ4n) is 3.16. The highest BCUT2D eigenvalue weighted by molar-refractivity contribution is 6.31. The third kappa shape index (κ3) is 4.13. The van der Waals surface area contributed by atoms with E-state index in [9.17, 15) is 9.59 Å². The van der Waals surface area contributed by atoms with E-state index in [4.69, 9.17) is 21.1 Å². The van der Waals surface area contributed by atoms with Gasteiger partial charge in [-0.15, -0.1) is 0 Å². The summed E-state index contributed by atoms with van der Waals surface area (Å²) in [4.78, 5) is 27.0. The maximum Gasteiger partial charge on any atom is 0.246 e. The second kappa shape index (κ2) is 8.73. The maximum absolute atomic E-state index is 12.9. The van der Waals surface area contributed by atoms with Gasteiger partial charge in [-0.1, -0.05) is 11.6 Å². The Hall–Kier alpha value is -1.79. The molecule has 1 aliphatic heterocycles. The van der Waals surface area contributed by atoms with Gasteiger partial charge in [-0.2, -0.15) is 0 Å². The van der Waals surface area contributed by atoms with Crippen LogP contribution in [0.15, 0.2) is 12.1 Å². The Labute approximate surface area is 159 Å². The molecule has 0 saturated carbocycles. The largest absolute Gasteiger partial charge is 0.495 e. The van der Waals surface area contributed by atoms with Crippen LogP contribution in [0.4, 0.5) is 5.69 Å². The molecule has 0 aromatic heterocycles. The van der Waals surface area contributed by atoms with Gasteiger partial charge in [-0.3, -0.25) is 14.5 Å². The number of carbonyl (C=O) groups is 2. The van der Waals surface area contributed by atoms with Crippen molar-refractivity contribution in [1.82, 2.24) is 5.32 Å². The van der Waals surface area contributed by atoms with E-state index in [2.05, 4.69) is 5.32 Å². The van der Waals surface area contributed by atoms with Crippen LogP contribution in [0.1, 0.15) is 38.7 Å². The molecule has 1 fully saturated rings. The van der Waals surface area contributed by atoms with E-state index < -0.39 is 5.54 Å². The molecule has 0 unspecified atom stereocenters. The highest BCUT2D eigenvalue weighted by Crippen LogP contribution is 2.42. The minimum absolute atomic E-state index is 0.100. The van der Waals surface area contributed by atoms with E-state index in [1.807, 2.05) is 13.8 Å². The number of ether oxygens (including phenoxy) is 2. The summed E-state index contributed by atoms with van der Waals surface area (Å²) in [5.74, 6) is 0.206. The Kier molecular flexibility index (Phi) is 6.89. The molecule has 0 spiro atoms. The molecular weight excluding hydrogens is 356 g/mol. The second-order valence-electron chi connectivity index (χ2n) is 6.58. The zero-order chi connectivity index (χ0) is 19.3. The van der Waals surface area contributed by atoms with E-state index in [1.165, 1.54) is 7.11 Å². The Bertz CT molecular complexity index is 680. The first-order valence-electron chi connectivity index (χ1n) is 8.88. The Morgan fingerprint density at radius 3 is 2.81 bits per heavy atom. The van der Waals surface area contributed by atoms with Crippen LogP contribution in [0.3, 0.4) is 0 Å². The molecule has 6 nitrogen and oxygen atoms in total. The molecule has 1 aromatic carbocycles. The van der Waals surface area contributed by atoms with Gasteiger partial charge in [-0.25, -0.2) is 0 Å². The number of rotatable bonds is 8. The first kappa shape index (κ1) is 20.5. The molecule has 1 N–H and O–H groups in total. The number of benzene rings is 1. The third-order valence-corrected chi connectivity index (χ3v) is 5.12. The first-order chi connectivity index (χ1) is 12.3. The normalized spacial score (nSPS) is 19.7. The molecule has 2 rings (SSSR count). The molecular formula is C19H27ClN2O4. The molecule has 144 valence electrons. The van der Waals surface area contributed by atoms with Gasteiger partial charge < -0.3 is 14.8 Å². The van der Waals surface area contributed by atoms with Crippen LogP contribution in [0.5, 0.6) is 5.75 Å². The van der Waals surface area contributed by atoms with Crippen molar-refractivity contribution in [3.63, 3.8) is 0 Å². The lowest BCUT2D eigenvalue weighted by Gasteiger charge is -2.35. The summed E-state index contributed by atoms with van der Waals surface area (Å²) < 4.78 is 10.7.